The van der Waals surface area contributed by atoms with Gasteiger partial charge in [-0.3, -0.25) is 4.84 Å². The molecule has 0 aliphatic carbocycles. The predicted molar refractivity (Wildman–Crippen MR) is 52.8 cm³/mol. The Balaban J connectivity index is 3.72. The van der Waals surface area contributed by atoms with Crippen LogP contribution in [0.2, 0.25) is 0 Å². The average molecular weight is 214 g/mol. The number of carbonyl (C=O) groups is 2. The number of carboxylic acid groups (broad SMARTS) is 1. The Hall–Kier alpha value is -1.74. The zero-order valence-corrected chi connectivity index (χ0v) is 8.45. The van der Waals surface area contributed by atoms with Crippen molar-refractivity contribution in [2.45, 2.75) is 25.8 Å². The van der Waals surface area contributed by atoms with Crippen molar-refractivity contribution in [1.29, 1.82) is 0 Å². The van der Waals surface area contributed by atoms with E-state index in [4.69, 9.17) is 11.5 Å². The predicted octanol–water partition coefficient (Wildman–Crippen LogP) is 0.104. The first-order valence-electron chi connectivity index (χ1n) is 4.43. The molecule has 0 saturated carbocycles. The maximum atomic E-state index is 11.1. The number of nitrogens with one attached hydrogen (secondary N) is 2. The molecule has 0 aliphatic heterocycles. The van der Waals surface area contributed by atoms with Crippen molar-refractivity contribution in [1.82, 2.24) is 10.8 Å². The van der Waals surface area contributed by atoms with E-state index < -0.39 is 18.6 Å². The maximum absolute atomic E-state index is 11.1. The van der Waals surface area contributed by atoms with E-state index in [0.717, 1.165) is 0 Å². The molecular formula is C9H14N2O4. The molecule has 3 N–H and O–H groups in total. The molecule has 0 aromatic heterocycles. The highest BCUT2D eigenvalue weighted by Crippen LogP contribution is 1.95. The summed E-state index contributed by atoms with van der Waals surface area (Å²) in [6, 6.07) is -0.734. The smallest absolute Gasteiger partial charge is 0.338 e. The summed E-state index contributed by atoms with van der Waals surface area (Å²) in [6.07, 6.45) is 6.20. The first kappa shape index (κ1) is 13.3. The SMILES string of the molecule is C#CCC(CC)NC(=O)NOCC(=O)O. The van der Waals surface area contributed by atoms with Gasteiger partial charge in [0.2, 0.25) is 0 Å². The molecule has 0 aromatic carbocycles. The Kier molecular flexibility index (Phi) is 6.76. The van der Waals surface area contributed by atoms with Gasteiger partial charge in [0, 0.05) is 12.5 Å². The minimum absolute atomic E-state index is 0.136. The zero-order valence-electron chi connectivity index (χ0n) is 8.45. The molecule has 0 bridgehead atoms. The molecule has 0 aromatic rings. The van der Waals surface area contributed by atoms with Crippen molar-refractivity contribution in [3.05, 3.63) is 0 Å². The summed E-state index contributed by atoms with van der Waals surface area (Å²) in [5.41, 5.74) is 1.94. The van der Waals surface area contributed by atoms with Gasteiger partial charge in [-0.25, -0.2) is 15.1 Å². The Morgan fingerprint density at radius 1 is 1.60 bits per heavy atom. The van der Waals surface area contributed by atoms with Gasteiger partial charge in [0.15, 0.2) is 6.61 Å². The Labute approximate surface area is 87.9 Å². The van der Waals surface area contributed by atoms with Crippen LogP contribution in [-0.4, -0.2) is 29.8 Å². The number of hydrogen-bond donors (Lipinski definition) is 3. The summed E-state index contributed by atoms with van der Waals surface area (Å²) >= 11 is 0. The summed E-state index contributed by atoms with van der Waals surface area (Å²) in [6.45, 7) is 1.29. The molecule has 0 aliphatic rings. The fraction of sp³-hybridized carbons (Fsp3) is 0.556. The molecular weight excluding hydrogens is 200 g/mol. The second-order valence-electron chi connectivity index (χ2n) is 2.77. The highest BCUT2D eigenvalue weighted by atomic mass is 16.7. The number of hydroxylamine groups is 1. The largest absolute Gasteiger partial charge is 0.479 e. The molecule has 1 atom stereocenters. The lowest BCUT2D eigenvalue weighted by Crippen LogP contribution is -2.42. The molecule has 84 valence electrons. The first-order chi connectivity index (χ1) is 7.10. The van der Waals surface area contributed by atoms with Gasteiger partial charge in [0.05, 0.1) is 0 Å². The van der Waals surface area contributed by atoms with E-state index in [0.29, 0.717) is 12.8 Å². The number of carboxylic acids is 1. The second kappa shape index (κ2) is 7.64. The topological polar surface area (TPSA) is 87.7 Å². The molecule has 0 heterocycles. The second-order valence-corrected chi connectivity index (χ2v) is 2.77. The zero-order chi connectivity index (χ0) is 11.7. The monoisotopic (exact) mass is 214 g/mol. The quantitative estimate of drug-likeness (QED) is 0.432. The van der Waals surface area contributed by atoms with E-state index in [9.17, 15) is 9.59 Å². The minimum Gasteiger partial charge on any atom is -0.479 e. The summed E-state index contributed by atoms with van der Waals surface area (Å²) in [5, 5.41) is 10.7. The number of aliphatic carboxylic acids is 1. The molecule has 0 spiro atoms. The van der Waals surface area contributed by atoms with Gasteiger partial charge in [-0.2, -0.15) is 0 Å². The van der Waals surface area contributed by atoms with Crippen LogP contribution in [0.15, 0.2) is 0 Å². The molecule has 0 rings (SSSR count). The molecule has 0 saturated heterocycles. The molecule has 1 unspecified atom stereocenters. The van der Waals surface area contributed by atoms with E-state index >= 15 is 0 Å². The van der Waals surface area contributed by atoms with Crippen molar-refractivity contribution in [2.24, 2.45) is 0 Å². The molecule has 2 amide bonds. The normalized spacial score (nSPS) is 11.2. The lowest BCUT2D eigenvalue weighted by Gasteiger charge is -2.14. The van der Waals surface area contributed by atoms with Crippen LogP contribution in [0.4, 0.5) is 4.79 Å². The number of terminal acetylenes is 1. The van der Waals surface area contributed by atoms with E-state index in [1.165, 1.54) is 0 Å². The maximum Gasteiger partial charge on any atom is 0.338 e. The lowest BCUT2D eigenvalue weighted by atomic mass is 10.2. The molecule has 0 radical (unpaired) electrons. The molecule has 6 nitrogen and oxygen atoms in total. The first-order valence-corrected chi connectivity index (χ1v) is 4.43. The van der Waals surface area contributed by atoms with Gasteiger partial charge >= 0.3 is 12.0 Å². The highest BCUT2D eigenvalue weighted by Gasteiger charge is 2.08. The van der Waals surface area contributed by atoms with Gasteiger partial charge in [-0.15, -0.1) is 12.3 Å². The van der Waals surface area contributed by atoms with Crippen molar-refractivity contribution in [3.8, 4) is 12.3 Å². The van der Waals surface area contributed by atoms with Crippen LogP contribution in [0, 0.1) is 12.3 Å². The lowest BCUT2D eigenvalue weighted by molar-refractivity contribution is -0.144. The van der Waals surface area contributed by atoms with Crippen LogP contribution in [0.3, 0.4) is 0 Å². The molecule has 0 fully saturated rings. The number of amides is 2. The van der Waals surface area contributed by atoms with Crippen molar-refractivity contribution in [2.75, 3.05) is 6.61 Å². The Morgan fingerprint density at radius 3 is 2.73 bits per heavy atom. The Bertz CT molecular complexity index is 259. The number of carbonyl (C=O) groups excluding carboxylic acids is 1. The number of urea groups is 1. The fourth-order valence-corrected chi connectivity index (χ4v) is 0.818. The van der Waals surface area contributed by atoms with Gasteiger partial charge < -0.3 is 10.4 Å². The van der Waals surface area contributed by atoms with Crippen molar-refractivity contribution < 1.29 is 19.5 Å². The van der Waals surface area contributed by atoms with E-state index in [1.54, 1.807) is 0 Å². The third kappa shape index (κ3) is 7.34. The van der Waals surface area contributed by atoms with Crippen LogP contribution in [0.1, 0.15) is 19.8 Å². The van der Waals surface area contributed by atoms with E-state index in [2.05, 4.69) is 16.1 Å². The van der Waals surface area contributed by atoms with E-state index in [1.807, 2.05) is 12.4 Å². The Morgan fingerprint density at radius 2 is 2.27 bits per heavy atom. The summed E-state index contributed by atoms with van der Waals surface area (Å²) in [4.78, 5) is 25.5. The van der Waals surface area contributed by atoms with Crippen LogP contribution in [0.25, 0.3) is 0 Å². The average Bonchev–Trinajstić information content (AvgIpc) is 2.16. The van der Waals surface area contributed by atoms with Gasteiger partial charge in [0.25, 0.3) is 0 Å². The fourth-order valence-electron chi connectivity index (χ4n) is 0.818. The minimum atomic E-state index is -1.16. The van der Waals surface area contributed by atoms with Gasteiger partial charge in [-0.05, 0) is 6.42 Å². The van der Waals surface area contributed by atoms with Crippen LogP contribution >= 0.6 is 0 Å². The summed E-state index contributed by atoms with van der Waals surface area (Å²) in [7, 11) is 0. The number of rotatable bonds is 6. The van der Waals surface area contributed by atoms with E-state index in [-0.39, 0.29) is 6.04 Å². The van der Waals surface area contributed by atoms with Crippen molar-refractivity contribution in [3.63, 3.8) is 0 Å². The number of hydrogen-bond acceptors (Lipinski definition) is 3. The molecule has 6 heteroatoms. The third-order valence-corrected chi connectivity index (χ3v) is 1.55. The molecule has 15 heavy (non-hydrogen) atoms. The van der Waals surface area contributed by atoms with Crippen LogP contribution in [-0.2, 0) is 9.63 Å². The standard InChI is InChI=1S/C9H14N2O4/c1-3-5-7(4-2)10-9(14)11-15-6-8(12)13/h1,7H,4-6H2,2H3,(H,12,13)(H2,10,11,14). The van der Waals surface area contributed by atoms with Gasteiger partial charge in [0.1, 0.15) is 0 Å². The highest BCUT2D eigenvalue weighted by molar-refractivity contribution is 5.73. The third-order valence-electron chi connectivity index (χ3n) is 1.55. The van der Waals surface area contributed by atoms with Crippen LogP contribution in [0.5, 0.6) is 0 Å². The van der Waals surface area contributed by atoms with Crippen molar-refractivity contribution >= 4 is 12.0 Å². The van der Waals surface area contributed by atoms with Gasteiger partial charge in [-0.1, -0.05) is 6.92 Å². The van der Waals surface area contributed by atoms with Crippen LogP contribution < -0.4 is 10.8 Å². The summed E-state index contributed by atoms with van der Waals surface area (Å²) < 4.78 is 0. The summed E-state index contributed by atoms with van der Waals surface area (Å²) in [5.74, 6) is 1.26.